The molecule has 0 saturated heterocycles. The van der Waals surface area contributed by atoms with Crippen molar-refractivity contribution in [2.24, 2.45) is 5.73 Å². The molecule has 0 saturated carbocycles. The van der Waals surface area contributed by atoms with E-state index < -0.39 is 0 Å². The van der Waals surface area contributed by atoms with E-state index in [9.17, 15) is 4.79 Å². The summed E-state index contributed by atoms with van der Waals surface area (Å²) in [7, 11) is 0. The molecule has 4 heteroatoms. The maximum Gasteiger partial charge on any atom is 0.220 e. The van der Waals surface area contributed by atoms with E-state index in [-0.39, 0.29) is 11.9 Å². The van der Waals surface area contributed by atoms with Gasteiger partial charge in [0.2, 0.25) is 5.91 Å². The monoisotopic (exact) mass is 296 g/mol. The average Bonchev–Trinajstić information content (AvgIpc) is 2.44. The fourth-order valence-corrected chi connectivity index (χ4v) is 2.39. The van der Waals surface area contributed by atoms with Crippen molar-refractivity contribution in [1.82, 2.24) is 5.32 Å². The Morgan fingerprint density at radius 2 is 2.05 bits per heavy atom. The van der Waals surface area contributed by atoms with E-state index in [1.54, 1.807) is 0 Å². The highest BCUT2D eigenvalue weighted by Crippen LogP contribution is 2.20. The van der Waals surface area contributed by atoms with Crippen molar-refractivity contribution < 1.29 is 4.79 Å². The summed E-state index contributed by atoms with van der Waals surface area (Å²) in [6.07, 6.45) is 5.59. The third-order valence-electron chi connectivity index (χ3n) is 3.35. The Morgan fingerprint density at radius 1 is 1.30 bits per heavy atom. The fraction of sp³-hybridized carbons (Fsp3) is 0.562. The van der Waals surface area contributed by atoms with Gasteiger partial charge in [0, 0.05) is 11.4 Å². The Kier molecular flexibility index (Phi) is 8.31. The molecule has 1 aromatic carbocycles. The van der Waals surface area contributed by atoms with Crippen molar-refractivity contribution >= 4 is 17.5 Å². The first-order valence-electron chi connectivity index (χ1n) is 7.42. The van der Waals surface area contributed by atoms with Gasteiger partial charge in [-0.15, -0.1) is 0 Å². The van der Waals surface area contributed by atoms with Gasteiger partial charge < -0.3 is 11.1 Å². The second-order valence-corrected chi connectivity index (χ2v) is 5.47. The second kappa shape index (κ2) is 9.78. The molecule has 112 valence electrons. The minimum Gasteiger partial charge on any atom is -0.349 e. The summed E-state index contributed by atoms with van der Waals surface area (Å²) >= 11 is 5.99. The molecule has 0 bridgehead atoms. The molecule has 0 fully saturated rings. The van der Waals surface area contributed by atoms with Gasteiger partial charge in [0.05, 0.1) is 6.04 Å². The van der Waals surface area contributed by atoms with Gasteiger partial charge in [-0.3, -0.25) is 4.79 Å². The predicted molar refractivity (Wildman–Crippen MR) is 84.8 cm³/mol. The highest BCUT2D eigenvalue weighted by molar-refractivity contribution is 6.30. The van der Waals surface area contributed by atoms with E-state index in [2.05, 4.69) is 12.2 Å². The number of carbonyl (C=O) groups excluding carboxylic acids is 1. The van der Waals surface area contributed by atoms with E-state index in [0.717, 1.165) is 44.2 Å². The van der Waals surface area contributed by atoms with E-state index >= 15 is 0 Å². The Bertz CT molecular complexity index is 409. The van der Waals surface area contributed by atoms with E-state index in [0.29, 0.717) is 11.4 Å². The van der Waals surface area contributed by atoms with Crippen molar-refractivity contribution in [2.75, 3.05) is 6.54 Å². The van der Waals surface area contributed by atoms with Gasteiger partial charge in [-0.05, 0) is 43.5 Å². The van der Waals surface area contributed by atoms with Gasteiger partial charge in [-0.2, -0.15) is 0 Å². The third-order valence-corrected chi connectivity index (χ3v) is 3.59. The van der Waals surface area contributed by atoms with Crippen LogP contribution in [0.25, 0.3) is 0 Å². The second-order valence-electron chi connectivity index (χ2n) is 5.04. The Hall–Kier alpha value is -1.06. The summed E-state index contributed by atoms with van der Waals surface area (Å²) in [6, 6.07) is 7.72. The number of nitrogens with two attached hydrogens (primary N) is 1. The minimum absolute atomic E-state index is 0.0465. The van der Waals surface area contributed by atoms with Gasteiger partial charge in [-0.25, -0.2) is 0 Å². The van der Waals surface area contributed by atoms with Crippen molar-refractivity contribution in [1.29, 1.82) is 0 Å². The van der Waals surface area contributed by atoms with Crippen LogP contribution in [0.15, 0.2) is 24.3 Å². The van der Waals surface area contributed by atoms with Crippen LogP contribution < -0.4 is 11.1 Å². The summed E-state index contributed by atoms with van der Waals surface area (Å²) in [5.41, 5.74) is 6.51. The molecule has 0 spiro atoms. The molecule has 3 nitrogen and oxygen atoms in total. The van der Waals surface area contributed by atoms with Crippen LogP contribution in [0.5, 0.6) is 0 Å². The molecular weight excluding hydrogens is 272 g/mol. The van der Waals surface area contributed by atoms with Gasteiger partial charge in [-0.1, -0.05) is 43.5 Å². The van der Waals surface area contributed by atoms with E-state index in [1.807, 2.05) is 24.3 Å². The number of hydrogen-bond acceptors (Lipinski definition) is 2. The molecule has 0 heterocycles. The number of benzene rings is 1. The molecule has 1 amide bonds. The van der Waals surface area contributed by atoms with Crippen LogP contribution in [-0.4, -0.2) is 12.5 Å². The van der Waals surface area contributed by atoms with Crippen LogP contribution >= 0.6 is 11.6 Å². The van der Waals surface area contributed by atoms with Crippen molar-refractivity contribution in [3.63, 3.8) is 0 Å². The predicted octanol–water partition coefficient (Wildman–Crippen LogP) is 3.82. The third kappa shape index (κ3) is 6.40. The SMILES string of the molecule is CCC(NC(=O)CCCCCCN)c1cccc(Cl)c1. The topological polar surface area (TPSA) is 55.1 Å². The summed E-state index contributed by atoms with van der Waals surface area (Å²) < 4.78 is 0. The Morgan fingerprint density at radius 3 is 2.70 bits per heavy atom. The van der Waals surface area contributed by atoms with Crippen molar-refractivity contribution in [3.8, 4) is 0 Å². The van der Waals surface area contributed by atoms with Crippen LogP contribution in [0, 0.1) is 0 Å². The molecule has 1 rings (SSSR count). The van der Waals surface area contributed by atoms with Crippen LogP contribution in [0.3, 0.4) is 0 Å². The minimum atomic E-state index is 0.0465. The smallest absolute Gasteiger partial charge is 0.220 e. The highest BCUT2D eigenvalue weighted by Gasteiger charge is 2.12. The van der Waals surface area contributed by atoms with E-state index in [1.165, 1.54) is 0 Å². The molecule has 0 aliphatic heterocycles. The lowest BCUT2D eigenvalue weighted by Crippen LogP contribution is -2.27. The molecule has 1 atom stereocenters. The standard InChI is InChI=1S/C16H25ClN2O/c1-2-15(13-8-7-9-14(17)12-13)19-16(20)10-5-3-4-6-11-18/h7-9,12,15H,2-6,10-11,18H2,1H3,(H,19,20). The maximum absolute atomic E-state index is 11.9. The molecule has 0 radical (unpaired) electrons. The average molecular weight is 297 g/mol. The molecule has 1 aromatic rings. The molecule has 0 aliphatic rings. The number of carbonyl (C=O) groups is 1. The molecule has 1 unspecified atom stereocenters. The van der Waals surface area contributed by atoms with Gasteiger partial charge in [0.25, 0.3) is 0 Å². The lowest BCUT2D eigenvalue weighted by molar-refractivity contribution is -0.122. The number of nitrogens with one attached hydrogen (secondary N) is 1. The Balaban J connectivity index is 2.38. The van der Waals surface area contributed by atoms with Crippen LogP contribution in [0.4, 0.5) is 0 Å². The van der Waals surface area contributed by atoms with Crippen molar-refractivity contribution in [2.45, 2.75) is 51.5 Å². The molecule has 0 aromatic heterocycles. The summed E-state index contributed by atoms with van der Waals surface area (Å²) in [6.45, 7) is 2.80. The molecule has 20 heavy (non-hydrogen) atoms. The number of amides is 1. The lowest BCUT2D eigenvalue weighted by atomic mass is 10.0. The number of unbranched alkanes of at least 4 members (excludes halogenated alkanes) is 3. The zero-order valence-corrected chi connectivity index (χ0v) is 13.0. The number of halogens is 1. The summed E-state index contributed by atoms with van der Waals surface area (Å²) in [4.78, 5) is 11.9. The van der Waals surface area contributed by atoms with Crippen LogP contribution in [-0.2, 0) is 4.79 Å². The van der Waals surface area contributed by atoms with Crippen LogP contribution in [0.2, 0.25) is 5.02 Å². The van der Waals surface area contributed by atoms with Gasteiger partial charge in [0.1, 0.15) is 0 Å². The summed E-state index contributed by atoms with van der Waals surface area (Å²) in [5, 5.41) is 3.78. The largest absolute Gasteiger partial charge is 0.349 e. The lowest BCUT2D eigenvalue weighted by Gasteiger charge is -2.17. The number of rotatable bonds is 9. The first-order chi connectivity index (χ1) is 9.67. The quantitative estimate of drug-likeness (QED) is 0.681. The van der Waals surface area contributed by atoms with Gasteiger partial charge >= 0.3 is 0 Å². The van der Waals surface area contributed by atoms with Gasteiger partial charge in [0.15, 0.2) is 0 Å². The summed E-state index contributed by atoms with van der Waals surface area (Å²) in [5.74, 6) is 0.115. The molecule has 3 N–H and O–H groups in total. The normalized spacial score (nSPS) is 12.2. The fourth-order valence-electron chi connectivity index (χ4n) is 2.19. The van der Waals surface area contributed by atoms with Crippen LogP contribution in [0.1, 0.15) is 57.1 Å². The Labute approximate surface area is 126 Å². The van der Waals surface area contributed by atoms with Crippen molar-refractivity contribution in [3.05, 3.63) is 34.9 Å². The first-order valence-corrected chi connectivity index (χ1v) is 7.80. The molecular formula is C16H25ClN2O. The first kappa shape index (κ1) is 17.0. The maximum atomic E-state index is 11.9. The highest BCUT2D eigenvalue weighted by atomic mass is 35.5. The zero-order valence-electron chi connectivity index (χ0n) is 12.2. The molecule has 0 aliphatic carbocycles. The van der Waals surface area contributed by atoms with E-state index in [4.69, 9.17) is 17.3 Å². The number of hydrogen-bond donors (Lipinski definition) is 2. The zero-order chi connectivity index (χ0) is 14.8.